The van der Waals surface area contributed by atoms with E-state index >= 15 is 0 Å². The fraction of sp³-hybridized carbons (Fsp3) is 0.600. The zero-order valence-electron chi connectivity index (χ0n) is 11.7. The maximum atomic E-state index is 4.21. The van der Waals surface area contributed by atoms with Crippen LogP contribution in [0.1, 0.15) is 50.3 Å². The first-order valence-corrected chi connectivity index (χ1v) is 6.94. The van der Waals surface area contributed by atoms with Crippen LogP contribution in [-0.4, -0.2) is 12.4 Å². The molecule has 1 nitrogen and oxygen atoms in total. The van der Waals surface area contributed by atoms with Gasteiger partial charge in [-0.3, -0.25) is 0 Å². The maximum Gasteiger partial charge on any atom is 0.0387 e. The first-order chi connectivity index (χ1) is 7.88. The van der Waals surface area contributed by atoms with E-state index in [9.17, 15) is 0 Å². The molecular weight excluding hydrogens is 226 g/mol. The Morgan fingerprint density at radius 3 is 2.47 bits per heavy atom. The van der Waals surface area contributed by atoms with Gasteiger partial charge in [0.2, 0.25) is 0 Å². The van der Waals surface area contributed by atoms with Crippen LogP contribution < -0.4 is 5.32 Å². The van der Waals surface area contributed by atoms with E-state index in [4.69, 9.17) is 0 Å². The van der Waals surface area contributed by atoms with E-state index in [0.717, 1.165) is 12.4 Å². The van der Waals surface area contributed by atoms with Crippen molar-refractivity contribution >= 4 is 12.6 Å². The third-order valence-electron chi connectivity index (χ3n) is 3.34. The molecule has 0 aliphatic carbocycles. The lowest BCUT2D eigenvalue weighted by Crippen LogP contribution is -2.33. The van der Waals surface area contributed by atoms with Gasteiger partial charge in [0.05, 0.1) is 0 Å². The fourth-order valence-electron chi connectivity index (χ4n) is 2.19. The van der Waals surface area contributed by atoms with Gasteiger partial charge >= 0.3 is 0 Å². The molecule has 17 heavy (non-hydrogen) atoms. The predicted octanol–water partition coefficient (Wildman–Crippen LogP) is 3.87. The van der Waals surface area contributed by atoms with Crippen molar-refractivity contribution in [3.8, 4) is 0 Å². The highest BCUT2D eigenvalue weighted by Crippen LogP contribution is 2.28. The topological polar surface area (TPSA) is 12.0 Å². The molecule has 1 aromatic carbocycles. The molecule has 1 N–H and O–H groups in total. The number of benzene rings is 1. The summed E-state index contributed by atoms with van der Waals surface area (Å²) < 4.78 is 0. The van der Waals surface area contributed by atoms with E-state index in [1.165, 1.54) is 16.7 Å². The van der Waals surface area contributed by atoms with E-state index in [1.54, 1.807) is 0 Å². The summed E-state index contributed by atoms with van der Waals surface area (Å²) in [6.45, 7) is 12.2. The zero-order valence-corrected chi connectivity index (χ0v) is 12.6. The van der Waals surface area contributed by atoms with E-state index in [-0.39, 0.29) is 5.41 Å². The monoisotopic (exact) mass is 251 g/mol. The van der Waals surface area contributed by atoms with Gasteiger partial charge < -0.3 is 5.32 Å². The Kier molecular flexibility index (Phi) is 5.08. The zero-order chi connectivity index (χ0) is 13.1. The van der Waals surface area contributed by atoms with Gasteiger partial charge in [0.1, 0.15) is 0 Å². The second-order valence-electron chi connectivity index (χ2n) is 5.70. The van der Waals surface area contributed by atoms with Crippen LogP contribution in [0, 0.1) is 6.92 Å². The molecule has 0 aliphatic rings. The molecule has 96 valence electrons. The lowest BCUT2D eigenvalue weighted by atomic mass is 9.80. The van der Waals surface area contributed by atoms with Crippen LogP contribution in [0.15, 0.2) is 18.2 Å². The molecule has 0 radical (unpaired) electrons. The predicted molar refractivity (Wildman–Crippen MR) is 80.1 cm³/mol. The average Bonchev–Trinajstić information content (AvgIpc) is 2.26. The largest absolute Gasteiger partial charge is 0.307 e. The third kappa shape index (κ3) is 3.75. The first-order valence-electron chi connectivity index (χ1n) is 6.31. The molecule has 1 aromatic rings. The molecule has 0 amide bonds. The summed E-state index contributed by atoms with van der Waals surface area (Å²) in [7, 11) is 0. The molecule has 0 spiro atoms. The Morgan fingerprint density at radius 2 is 1.94 bits per heavy atom. The van der Waals surface area contributed by atoms with Gasteiger partial charge in [-0.15, -0.1) is 0 Å². The van der Waals surface area contributed by atoms with Gasteiger partial charge in [0, 0.05) is 17.8 Å². The van der Waals surface area contributed by atoms with Crippen LogP contribution in [0.25, 0.3) is 0 Å². The minimum absolute atomic E-state index is 0.151. The summed E-state index contributed by atoms with van der Waals surface area (Å²) in [6.07, 6.45) is 0. The number of hydrogen-bond acceptors (Lipinski definition) is 2. The number of aryl methyl sites for hydroxylation is 1. The Morgan fingerprint density at radius 1 is 1.29 bits per heavy atom. The average molecular weight is 251 g/mol. The van der Waals surface area contributed by atoms with Crippen molar-refractivity contribution in [3.63, 3.8) is 0 Å². The minimum atomic E-state index is 0.151. The number of hydrogen-bond donors (Lipinski definition) is 2. The van der Waals surface area contributed by atoms with Crippen LogP contribution in [0.5, 0.6) is 0 Å². The van der Waals surface area contributed by atoms with E-state index < -0.39 is 0 Å². The van der Waals surface area contributed by atoms with Crippen molar-refractivity contribution < 1.29 is 0 Å². The number of rotatable bonds is 5. The highest BCUT2D eigenvalue weighted by molar-refractivity contribution is 7.80. The molecule has 0 atom stereocenters. The second-order valence-corrected chi connectivity index (χ2v) is 6.01. The lowest BCUT2D eigenvalue weighted by molar-refractivity contribution is 0.487. The van der Waals surface area contributed by atoms with Gasteiger partial charge in [0.25, 0.3) is 0 Å². The summed E-state index contributed by atoms with van der Waals surface area (Å²) >= 11 is 4.21. The fourth-order valence-corrected chi connectivity index (χ4v) is 2.30. The van der Waals surface area contributed by atoms with Crippen LogP contribution in [-0.2, 0) is 5.41 Å². The third-order valence-corrected chi connectivity index (χ3v) is 3.56. The molecule has 0 heterocycles. The number of thiol groups is 1. The van der Waals surface area contributed by atoms with Gasteiger partial charge in [-0.2, -0.15) is 12.6 Å². The van der Waals surface area contributed by atoms with Crippen LogP contribution >= 0.6 is 12.6 Å². The Labute approximate surface area is 111 Å². The molecule has 0 aliphatic heterocycles. The van der Waals surface area contributed by atoms with Crippen LogP contribution in [0.3, 0.4) is 0 Å². The molecule has 0 saturated heterocycles. The van der Waals surface area contributed by atoms with E-state index in [2.05, 4.69) is 70.8 Å². The summed E-state index contributed by atoms with van der Waals surface area (Å²) in [5, 5.41) is 3.33. The van der Waals surface area contributed by atoms with Gasteiger partial charge in [-0.25, -0.2) is 0 Å². The summed E-state index contributed by atoms with van der Waals surface area (Å²) in [5.74, 6) is 1.31. The Hall–Kier alpha value is -0.470. The molecule has 0 aromatic heterocycles. The molecule has 0 bridgehead atoms. The molecule has 1 rings (SSSR count). The van der Waals surface area contributed by atoms with Gasteiger partial charge in [0.15, 0.2) is 0 Å². The lowest BCUT2D eigenvalue weighted by Gasteiger charge is -2.28. The van der Waals surface area contributed by atoms with Crippen molar-refractivity contribution in [1.82, 2.24) is 5.32 Å². The molecular formula is C15H25NS. The second kappa shape index (κ2) is 5.92. The first kappa shape index (κ1) is 14.6. The smallest absolute Gasteiger partial charge is 0.0387 e. The molecule has 0 fully saturated rings. The van der Waals surface area contributed by atoms with Crippen molar-refractivity contribution in [1.29, 1.82) is 0 Å². The summed E-state index contributed by atoms with van der Waals surface area (Å²) in [5.41, 5.74) is 4.39. The quantitative estimate of drug-likeness (QED) is 0.598. The van der Waals surface area contributed by atoms with Crippen molar-refractivity contribution in [2.24, 2.45) is 0 Å². The maximum absolute atomic E-state index is 4.21. The van der Waals surface area contributed by atoms with Crippen LogP contribution in [0.4, 0.5) is 0 Å². The standard InChI is InChI=1S/C15H25NS/c1-11(2)13-7-6-12(3)14(8-13)15(4,5)9-16-10-17/h6-8,11,16-17H,9-10H2,1-5H3. The van der Waals surface area contributed by atoms with Crippen LogP contribution in [0.2, 0.25) is 0 Å². The SMILES string of the molecule is Cc1ccc(C(C)C)cc1C(C)(C)CNCS. The van der Waals surface area contributed by atoms with Crippen molar-refractivity contribution in [3.05, 3.63) is 34.9 Å². The Bertz CT molecular complexity index is 369. The van der Waals surface area contributed by atoms with Crippen molar-refractivity contribution in [2.45, 2.75) is 46.0 Å². The summed E-state index contributed by atoms with van der Waals surface area (Å²) in [6, 6.07) is 6.85. The molecule has 2 heteroatoms. The van der Waals surface area contributed by atoms with Gasteiger partial charge in [-0.1, -0.05) is 45.9 Å². The normalized spacial score (nSPS) is 12.2. The van der Waals surface area contributed by atoms with Crippen molar-refractivity contribution in [2.75, 3.05) is 12.4 Å². The summed E-state index contributed by atoms with van der Waals surface area (Å²) in [4.78, 5) is 0. The number of nitrogens with one attached hydrogen (secondary N) is 1. The van der Waals surface area contributed by atoms with E-state index in [0.29, 0.717) is 5.92 Å². The molecule has 0 saturated carbocycles. The highest BCUT2D eigenvalue weighted by Gasteiger charge is 2.22. The van der Waals surface area contributed by atoms with E-state index in [1.807, 2.05) is 0 Å². The minimum Gasteiger partial charge on any atom is -0.307 e. The highest BCUT2D eigenvalue weighted by atomic mass is 32.1. The molecule has 0 unspecified atom stereocenters. The Balaban J connectivity index is 3.06. The van der Waals surface area contributed by atoms with Gasteiger partial charge in [-0.05, 0) is 29.5 Å².